The number of halogens is 2. The van der Waals surface area contributed by atoms with Gasteiger partial charge in [-0.25, -0.2) is 13.8 Å². The molecule has 0 atom stereocenters. The summed E-state index contributed by atoms with van der Waals surface area (Å²) < 4.78 is 32.4. The number of rotatable bonds is 3. The highest BCUT2D eigenvalue weighted by atomic mass is 19.2. The Morgan fingerprint density at radius 2 is 1.58 bits per heavy atom. The van der Waals surface area contributed by atoms with Crippen LogP contribution in [-0.4, -0.2) is 10.1 Å². The molecule has 0 spiro atoms. The molecule has 0 saturated carbocycles. The number of hydrogen-bond acceptors (Lipinski definition) is 3. The molecule has 0 bridgehead atoms. The quantitative estimate of drug-likeness (QED) is 0.519. The Morgan fingerprint density at radius 1 is 0.769 bits per heavy atom. The molecule has 2 aromatic carbocycles. The lowest BCUT2D eigenvalue weighted by Gasteiger charge is -2.10. The van der Waals surface area contributed by atoms with Gasteiger partial charge in [-0.2, -0.15) is 0 Å². The molecule has 1 N–H and O–H groups in total. The fourth-order valence-corrected chi connectivity index (χ4v) is 2.75. The zero-order valence-electron chi connectivity index (χ0n) is 13.5. The van der Waals surface area contributed by atoms with Gasteiger partial charge in [-0.3, -0.25) is 0 Å². The molecule has 0 aliphatic carbocycles. The van der Waals surface area contributed by atoms with Crippen LogP contribution in [0.25, 0.3) is 33.8 Å². The minimum absolute atomic E-state index is 0.0767. The molecule has 128 valence electrons. The minimum Gasteiger partial charge on any atom is -0.507 e. The summed E-state index contributed by atoms with van der Waals surface area (Å²) in [5.41, 5.74) is 2.68. The lowest BCUT2D eigenvalue weighted by molar-refractivity contribution is 0.477. The molecule has 0 fully saturated rings. The van der Waals surface area contributed by atoms with Crippen molar-refractivity contribution >= 4 is 0 Å². The van der Waals surface area contributed by atoms with Crippen LogP contribution >= 0.6 is 0 Å². The average Bonchev–Trinajstić information content (AvgIpc) is 3.19. The molecule has 5 heteroatoms. The van der Waals surface area contributed by atoms with Gasteiger partial charge in [-0.1, -0.05) is 18.2 Å². The Kier molecular flexibility index (Phi) is 3.97. The first-order valence-corrected chi connectivity index (χ1v) is 7.91. The number of benzene rings is 2. The van der Waals surface area contributed by atoms with Crippen molar-refractivity contribution < 1.29 is 18.3 Å². The van der Waals surface area contributed by atoms with E-state index >= 15 is 0 Å². The van der Waals surface area contributed by atoms with Crippen LogP contribution in [0.15, 0.2) is 77.4 Å². The summed E-state index contributed by atoms with van der Waals surface area (Å²) >= 11 is 0. The summed E-state index contributed by atoms with van der Waals surface area (Å²) in [6.45, 7) is 0. The largest absolute Gasteiger partial charge is 0.507 e. The summed E-state index contributed by atoms with van der Waals surface area (Å²) in [5, 5.41) is 10.2. The topological polar surface area (TPSA) is 46.3 Å². The maximum absolute atomic E-state index is 13.7. The van der Waals surface area contributed by atoms with Gasteiger partial charge >= 0.3 is 0 Å². The first-order valence-electron chi connectivity index (χ1n) is 7.91. The number of aromatic nitrogens is 1. The first-order chi connectivity index (χ1) is 12.6. The first kappa shape index (κ1) is 16.0. The third-order valence-corrected chi connectivity index (χ3v) is 4.03. The van der Waals surface area contributed by atoms with Gasteiger partial charge in [0.05, 0.1) is 12.0 Å². The second-order valence-corrected chi connectivity index (χ2v) is 5.75. The van der Waals surface area contributed by atoms with Crippen LogP contribution in [0, 0.1) is 11.6 Å². The van der Waals surface area contributed by atoms with Gasteiger partial charge in [0.25, 0.3) is 0 Å². The highest BCUT2D eigenvalue weighted by Gasteiger charge is 2.13. The van der Waals surface area contributed by atoms with Crippen LogP contribution in [0.3, 0.4) is 0 Å². The molecule has 0 amide bonds. The van der Waals surface area contributed by atoms with Gasteiger partial charge in [0, 0.05) is 5.56 Å². The number of phenols is 1. The SMILES string of the molecule is Oc1ccccc1-c1cc(-c2ccc(F)c(F)c2)cc(-c2ccco2)n1. The number of para-hydroxylation sites is 1. The van der Waals surface area contributed by atoms with Crippen molar-refractivity contribution in [2.24, 2.45) is 0 Å². The minimum atomic E-state index is -0.928. The molecule has 4 aromatic rings. The van der Waals surface area contributed by atoms with Crippen LogP contribution in [0.5, 0.6) is 5.75 Å². The summed E-state index contributed by atoms with van der Waals surface area (Å²) in [4.78, 5) is 4.55. The van der Waals surface area contributed by atoms with Crippen molar-refractivity contribution in [3.8, 4) is 39.6 Å². The number of pyridine rings is 1. The third kappa shape index (κ3) is 2.95. The highest BCUT2D eigenvalue weighted by molar-refractivity contribution is 5.77. The summed E-state index contributed by atoms with van der Waals surface area (Å²) in [5.74, 6) is -1.23. The maximum Gasteiger partial charge on any atom is 0.159 e. The van der Waals surface area contributed by atoms with E-state index in [2.05, 4.69) is 4.98 Å². The van der Waals surface area contributed by atoms with Gasteiger partial charge in [0.1, 0.15) is 11.4 Å². The standard InChI is InChI=1S/C21H13F2NO2/c22-16-8-7-13(10-17(16)23)14-11-18(15-4-1-2-5-20(15)25)24-19(12-14)21-6-3-9-26-21/h1-12,25H. The molecular formula is C21H13F2NO2. The predicted octanol–water partition coefficient (Wildman–Crippen LogP) is 5.66. The average molecular weight is 349 g/mol. The van der Waals surface area contributed by atoms with E-state index in [4.69, 9.17) is 4.42 Å². The lowest BCUT2D eigenvalue weighted by atomic mass is 10.0. The van der Waals surface area contributed by atoms with Gasteiger partial charge in [0.15, 0.2) is 17.4 Å². The van der Waals surface area contributed by atoms with Crippen molar-refractivity contribution in [2.75, 3.05) is 0 Å². The molecule has 2 aromatic heterocycles. The lowest BCUT2D eigenvalue weighted by Crippen LogP contribution is -1.92. The molecule has 3 nitrogen and oxygen atoms in total. The van der Waals surface area contributed by atoms with E-state index < -0.39 is 11.6 Å². The number of phenolic OH excluding ortho intramolecular Hbond substituents is 1. The van der Waals surface area contributed by atoms with E-state index in [1.807, 2.05) is 0 Å². The van der Waals surface area contributed by atoms with Gasteiger partial charge < -0.3 is 9.52 Å². The fourth-order valence-electron chi connectivity index (χ4n) is 2.75. The predicted molar refractivity (Wildman–Crippen MR) is 94.4 cm³/mol. The summed E-state index contributed by atoms with van der Waals surface area (Å²) in [6, 6.07) is 17.4. The van der Waals surface area contributed by atoms with Crippen molar-refractivity contribution in [3.63, 3.8) is 0 Å². The number of nitrogens with zero attached hydrogens (tertiary/aromatic N) is 1. The number of aromatic hydroxyl groups is 1. The third-order valence-electron chi connectivity index (χ3n) is 4.03. The second-order valence-electron chi connectivity index (χ2n) is 5.75. The van der Waals surface area contributed by atoms with Crippen molar-refractivity contribution in [1.29, 1.82) is 0 Å². The number of furan rings is 1. The second kappa shape index (κ2) is 6.44. The molecule has 2 heterocycles. The molecule has 4 rings (SSSR count). The molecule has 0 saturated heterocycles. The smallest absolute Gasteiger partial charge is 0.159 e. The molecular weight excluding hydrogens is 336 g/mol. The van der Waals surface area contributed by atoms with E-state index in [1.54, 1.807) is 48.5 Å². The van der Waals surface area contributed by atoms with Crippen LogP contribution in [0.4, 0.5) is 8.78 Å². The fraction of sp³-hybridized carbons (Fsp3) is 0. The normalized spacial score (nSPS) is 10.8. The van der Waals surface area contributed by atoms with Crippen molar-refractivity contribution in [2.45, 2.75) is 0 Å². The summed E-state index contributed by atoms with van der Waals surface area (Å²) in [7, 11) is 0. The van der Waals surface area contributed by atoms with E-state index in [1.165, 1.54) is 12.3 Å². The molecule has 0 unspecified atom stereocenters. The zero-order chi connectivity index (χ0) is 18.1. The molecule has 0 aliphatic rings. The molecule has 0 radical (unpaired) electrons. The van der Waals surface area contributed by atoms with Gasteiger partial charge in [-0.05, 0) is 59.7 Å². The van der Waals surface area contributed by atoms with Crippen molar-refractivity contribution in [1.82, 2.24) is 4.98 Å². The van der Waals surface area contributed by atoms with Crippen LogP contribution < -0.4 is 0 Å². The van der Waals surface area contributed by atoms with Gasteiger partial charge in [0.2, 0.25) is 0 Å². The van der Waals surface area contributed by atoms with Crippen LogP contribution in [0.2, 0.25) is 0 Å². The Balaban J connectivity index is 1.94. The van der Waals surface area contributed by atoms with E-state index in [0.29, 0.717) is 33.8 Å². The van der Waals surface area contributed by atoms with Crippen LogP contribution in [-0.2, 0) is 0 Å². The van der Waals surface area contributed by atoms with E-state index in [-0.39, 0.29) is 5.75 Å². The Bertz CT molecular complexity index is 1080. The Morgan fingerprint density at radius 3 is 2.31 bits per heavy atom. The molecule has 26 heavy (non-hydrogen) atoms. The highest BCUT2D eigenvalue weighted by Crippen LogP contribution is 2.34. The van der Waals surface area contributed by atoms with Crippen molar-refractivity contribution in [3.05, 3.63) is 84.6 Å². The van der Waals surface area contributed by atoms with Gasteiger partial charge in [-0.15, -0.1) is 0 Å². The van der Waals surface area contributed by atoms with Crippen LogP contribution in [0.1, 0.15) is 0 Å². The maximum atomic E-state index is 13.7. The monoisotopic (exact) mass is 349 g/mol. The number of hydrogen-bond donors (Lipinski definition) is 1. The van der Waals surface area contributed by atoms with E-state index in [0.717, 1.165) is 12.1 Å². The van der Waals surface area contributed by atoms with E-state index in [9.17, 15) is 13.9 Å². The Hall–Kier alpha value is -3.47. The zero-order valence-corrected chi connectivity index (χ0v) is 13.5. The summed E-state index contributed by atoms with van der Waals surface area (Å²) in [6.07, 6.45) is 1.53. The molecule has 0 aliphatic heterocycles. The Labute approximate surface area is 148 Å².